The van der Waals surface area contributed by atoms with E-state index < -0.39 is 17.8 Å². The van der Waals surface area contributed by atoms with E-state index >= 15 is 0 Å². The fraction of sp³-hybridized carbons (Fsp3) is 0. The molecule has 0 aliphatic carbocycles. The lowest BCUT2D eigenvalue weighted by atomic mass is 10.3. The number of carbonyl (C=O) groups is 2. The molecule has 2 heterocycles. The largest absolute Gasteiger partial charge is 0.476 e. The minimum Gasteiger partial charge on any atom is -0.476 e. The molecule has 92 valence electrons. The molecule has 0 bridgehead atoms. The van der Waals surface area contributed by atoms with Crippen molar-refractivity contribution in [2.24, 2.45) is 0 Å². The summed E-state index contributed by atoms with van der Waals surface area (Å²) in [6, 6.07) is 1.55. The molecule has 0 saturated heterocycles. The van der Waals surface area contributed by atoms with Gasteiger partial charge in [0.2, 0.25) is 5.82 Å². The maximum Gasteiger partial charge on any atom is 0.374 e. The lowest BCUT2D eigenvalue weighted by Crippen LogP contribution is -2.09. The molecule has 0 saturated carbocycles. The lowest BCUT2D eigenvalue weighted by molar-refractivity contribution is 0.0681. The Labute approximate surface area is 111 Å². The van der Waals surface area contributed by atoms with Crippen LogP contribution in [0.1, 0.15) is 21.1 Å². The first-order valence-corrected chi connectivity index (χ1v) is 4.69. The van der Waals surface area contributed by atoms with Crippen molar-refractivity contribution in [3.05, 3.63) is 23.0 Å². The Hall–Kier alpha value is -1.44. The molecule has 0 aliphatic heterocycles. The third-order valence-electron chi connectivity index (χ3n) is 1.72. The van der Waals surface area contributed by atoms with Crippen molar-refractivity contribution in [1.82, 2.24) is 9.97 Å². The number of fused-ring (bicyclic) bond motifs is 1. The number of thiophene rings is 1. The number of nitrogens with zero attached hydrogens (tertiary/aromatic N) is 2. The molecule has 2 rings (SSSR count). The van der Waals surface area contributed by atoms with Crippen molar-refractivity contribution in [2.45, 2.75) is 0 Å². The van der Waals surface area contributed by atoms with E-state index in [2.05, 4.69) is 9.97 Å². The number of aromatic carboxylic acids is 2. The van der Waals surface area contributed by atoms with Gasteiger partial charge in [-0.2, -0.15) is 0 Å². The zero-order chi connectivity index (χ0) is 11.0. The molecule has 0 spiro atoms. The van der Waals surface area contributed by atoms with Gasteiger partial charge in [0.05, 0.1) is 0 Å². The first-order valence-electron chi connectivity index (χ1n) is 3.81. The maximum atomic E-state index is 10.8. The zero-order valence-corrected chi connectivity index (χ0v) is 10.4. The highest BCUT2D eigenvalue weighted by Gasteiger charge is 2.17. The average molecular weight is 297 g/mol. The van der Waals surface area contributed by atoms with Gasteiger partial charge < -0.3 is 10.2 Å². The highest BCUT2D eigenvalue weighted by Crippen LogP contribution is 2.21. The van der Waals surface area contributed by atoms with E-state index in [1.807, 2.05) is 0 Å². The van der Waals surface area contributed by atoms with Crippen molar-refractivity contribution in [1.29, 1.82) is 0 Å². The van der Waals surface area contributed by atoms with E-state index in [0.29, 0.717) is 10.2 Å². The van der Waals surface area contributed by atoms with Crippen LogP contribution in [0.4, 0.5) is 0 Å². The summed E-state index contributed by atoms with van der Waals surface area (Å²) in [6.45, 7) is 0. The summed E-state index contributed by atoms with van der Waals surface area (Å²) in [6.07, 6.45) is 0. The number of aromatic nitrogens is 2. The highest BCUT2D eigenvalue weighted by molar-refractivity contribution is 7.16. The summed E-state index contributed by atoms with van der Waals surface area (Å²) in [5, 5.41) is 19.5. The van der Waals surface area contributed by atoms with Crippen LogP contribution in [0.3, 0.4) is 0 Å². The van der Waals surface area contributed by atoms with E-state index in [1.165, 1.54) is 11.3 Å². The van der Waals surface area contributed by atoms with Crippen LogP contribution >= 0.6 is 36.2 Å². The summed E-state index contributed by atoms with van der Waals surface area (Å²) in [5.41, 5.74) is -0.279. The van der Waals surface area contributed by atoms with Gasteiger partial charge in [-0.15, -0.1) is 36.2 Å². The quantitative estimate of drug-likeness (QED) is 0.878. The molecule has 2 aromatic rings. The van der Waals surface area contributed by atoms with Crippen molar-refractivity contribution in [2.75, 3.05) is 0 Å². The normalized spacial score (nSPS) is 9.18. The lowest BCUT2D eigenvalue weighted by Gasteiger charge is -1.98. The summed E-state index contributed by atoms with van der Waals surface area (Å²) >= 11 is 1.17. The van der Waals surface area contributed by atoms with Crippen molar-refractivity contribution in [3.63, 3.8) is 0 Å². The second-order valence-corrected chi connectivity index (χ2v) is 3.54. The van der Waals surface area contributed by atoms with Gasteiger partial charge in [0.15, 0.2) is 5.69 Å². The molecule has 2 N–H and O–H groups in total. The van der Waals surface area contributed by atoms with E-state index in [4.69, 9.17) is 10.2 Å². The number of rotatable bonds is 2. The van der Waals surface area contributed by atoms with Gasteiger partial charge in [0.25, 0.3) is 0 Å². The Morgan fingerprint density at radius 3 is 2.29 bits per heavy atom. The Morgan fingerprint density at radius 1 is 1.12 bits per heavy atom. The van der Waals surface area contributed by atoms with E-state index in [9.17, 15) is 9.59 Å². The molecule has 0 radical (unpaired) electrons. The van der Waals surface area contributed by atoms with Crippen LogP contribution in [0.2, 0.25) is 0 Å². The SMILES string of the molecule is Cl.Cl.O=C(O)c1nc(C(=O)O)c2ccsc2n1. The van der Waals surface area contributed by atoms with Crippen LogP contribution in [0.25, 0.3) is 10.2 Å². The smallest absolute Gasteiger partial charge is 0.374 e. The summed E-state index contributed by atoms with van der Waals surface area (Å²) in [5.74, 6) is -3.10. The zero-order valence-electron chi connectivity index (χ0n) is 7.98. The number of hydrogen-bond acceptors (Lipinski definition) is 5. The van der Waals surface area contributed by atoms with Crippen LogP contribution in [0.15, 0.2) is 11.4 Å². The maximum absolute atomic E-state index is 10.8. The van der Waals surface area contributed by atoms with Crippen LogP contribution in [-0.4, -0.2) is 32.1 Å². The van der Waals surface area contributed by atoms with E-state index in [0.717, 1.165) is 0 Å². The Balaban J connectivity index is 0.00000128. The molecule has 9 heteroatoms. The number of carboxylic acids is 2. The molecule has 0 fully saturated rings. The van der Waals surface area contributed by atoms with Gasteiger partial charge in [0.1, 0.15) is 4.83 Å². The van der Waals surface area contributed by atoms with Gasteiger partial charge in [-0.1, -0.05) is 0 Å². The van der Waals surface area contributed by atoms with Crippen LogP contribution in [0, 0.1) is 0 Å². The monoisotopic (exact) mass is 296 g/mol. The molecule has 6 nitrogen and oxygen atoms in total. The second kappa shape index (κ2) is 5.76. The Morgan fingerprint density at radius 2 is 1.76 bits per heavy atom. The first kappa shape index (κ1) is 15.6. The molecule has 17 heavy (non-hydrogen) atoms. The highest BCUT2D eigenvalue weighted by atomic mass is 35.5. The summed E-state index contributed by atoms with van der Waals surface area (Å²) < 4.78 is 0. The molecular weight excluding hydrogens is 291 g/mol. The summed E-state index contributed by atoms with van der Waals surface area (Å²) in [4.78, 5) is 29.0. The van der Waals surface area contributed by atoms with Gasteiger partial charge in [-0.05, 0) is 11.4 Å². The van der Waals surface area contributed by atoms with Crippen LogP contribution < -0.4 is 0 Å². The topological polar surface area (TPSA) is 100 Å². The van der Waals surface area contributed by atoms with Gasteiger partial charge >= 0.3 is 11.9 Å². The minimum atomic E-state index is -1.34. The van der Waals surface area contributed by atoms with Crippen molar-refractivity contribution in [3.8, 4) is 0 Å². The number of hydrogen-bond donors (Lipinski definition) is 2. The minimum absolute atomic E-state index is 0. The van der Waals surface area contributed by atoms with Crippen LogP contribution in [0.5, 0.6) is 0 Å². The van der Waals surface area contributed by atoms with Gasteiger partial charge in [-0.3, -0.25) is 0 Å². The third-order valence-corrected chi connectivity index (χ3v) is 2.53. The molecule has 0 aromatic carbocycles. The molecule has 0 unspecified atom stereocenters. The van der Waals surface area contributed by atoms with Crippen molar-refractivity contribution < 1.29 is 19.8 Å². The molecule has 0 aliphatic rings. The first-order chi connectivity index (χ1) is 7.09. The molecule has 0 amide bonds. The Kier molecular flexibility index (Phi) is 5.27. The third kappa shape index (κ3) is 2.82. The molecule has 2 aromatic heterocycles. The standard InChI is InChI=1S/C8H4N2O4S.2ClH/c11-7(12)4-3-1-2-15-6(3)10-5(9-4)8(13)14;;/h1-2H,(H,11,12)(H,13,14);2*1H. The van der Waals surface area contributed by atoms with Gasteiger partial charge in [0, 0.05) is 5.39 Å². The predicted molar refractivity (Wildman–Crippen MR) is 65.8 cm³/mol. The van der Waals surface area contributed by atoms with Gasteiger partial charge in [-0.25, -0.2) is 19.6 Å². The fourth-order valence-electron chi connectivity index (χ4n) is 1.11. The molecular formula is C8H6Cl2N2O4S. The number of halogens is 2. The molecule has 0 atom stereocenters. The Bertz CT molecular complexity index is 572. The second-order valence-electron chi connectivity index (χ2n) is 2.65. The predicted octanol–water partition coefficient (Wildman–Crippen LogP) is 1.93. The number of carboxylic acid groups (broad SMARTS) is 2. The fourth-order valence-corrected chi connectivity index (χ4v) is 1.88. The van der Waals surface area contributed by atoms with Crippen molar-refractivity contribution >= 4 is 58.3 Å². The average Bonchev–Trinajstić information content (AvgIpc) is 2.62. The summed E-state index contributed by atoms with van der Waals surface area (Å²) in [7, 11) is 0. The van der Waals surface area contributed by atoms with Crippen LogP contribution in [-0.2, 0) is 0 Å². The van der Waals surface area contributed by atoms with E-state index in [-0.39, 0.29) is 30.5 Å². The van der Waals surface area contributed by atoms with E-state index in [1.54, 1.807) is 11.4 Å².